The highest BCUT2D eigenvalue weighted by molar-refractivity contribution is 6.33. The van der Waals surface area contributed by atoms with Gasteiger partial charge in [-0.3, -0.25) is 0 Å². The van der Waals surface area contributed by atoms with E-state index in [2.05, 4.69) is 23.2 Å². The van der Waals surface area contributed by atoms with E-state index in [-0.39, 0.29) is 0 Å². The highest BCUT2D eigenvalue weighted by Crippen LogP contribution is 2.33. The molecule has 1 aromatic rings. The summed E-state index contributed by atoms with van der Waals surface area (Å²) in [6.45, 7) is 6.93. The van der Waals surface area contributed by atoms with Crippen molar-refractivity contribution < 1.29 is 4.74 Å². The van der Waals surface area contributed by atoms with E-state index in [1.807, 2.05) is 12.1 Å². The molecule has 1 heterocycles. The average Bonchev–Trinajstić information content (AvgIpc) is 2.46. The molecule has 112 valence electrons. The molecule has 4 heteroatoms. The molecule has 1 aromatic carbocycles. The molecule has 20 heavy (non-hydrogen) atoms. The van der Waals surface area contributed by atoms with Gasteiger partial charge in [0.2, 0.25) is 0 Å². The number of methoxy groups -OCH3 is 1. The molecule has 0 aliphatic carbocycles. The van der Waals surface area contributed by atoms with Crippen molar-refractivity contribution in [2.24, 2.45) is 5.92 Å². The van der Waals surface area contributed by atoms with Gasteiger partial charge in [0.05, 0.1) is 17.3 Å². The fraction of sp³-hybridized carbons (Fsp3) is 0.625. The molecule has 0 amide bonds. The average molecular weight is 297 g/mol. The Balaban J connectivity index is 2.17. The predicted molar refractivity (Wildman–Crippen MR) is 85.6 cm³/mol. The third kappa shape index (κ3) is 3.87. The van der Waals surface area contributed by atoms with Crippen LogP contribution in [0, 0.1) is 5.92 Å². The third-order valence-electron chi connectivity index (χ3n) is 3.87. The SMILES string of the molecule is CCNCc1cccc(Cl)c1N1CCCC(COC)C1. The van der Waals surface area contributed by atoms with Gasteiger partial charge in [0.1, 0.15) is 0 Å². The van der Waals surface area contributed by atoms with E-state index in [1.165, 1.54) is 24.1 Å². The van der Waals surface area contributed by atoms with Gasteiger partial charge in [-0.25, -0.2) is 0 Å². The Morgan fingerprint density at radius 3 is 3.05 bits per heavy atom. The number of hydrogen-bond donors (Lipinski definition) is 1. The Morgan fingerprint density at radius 2 is 2.30 bits per heavy atom. The number of ether oxygens (including phenoxy) is 1. The zero-order chi connectivity index (χ0) is 14.4. The minimum Gasteiger partial charge on any atom is -0.384 e. The quantitative estimate of drug-likeness (QED) is 0.871. The number of nitrogens with one attached hydrogen (secondary N) is 1. The summed E-state index contributed by atoms with van der Waals surface area (Å²) >= 11 is 6.47. The normalized spacial score (nSPS) is 19.4. The second-order valence-electron chi connectivity index (χ2n) is 5.44. The molecule has 0 radical (unpaired) electrons. The maximum Gasteiger partial charge on any atom is 0.0642 e. The van der Waals surface area contributed by atoms with E-state index in [4.69, 9.17) is 16.3 Å². The van der Waals surface area contributed by atoms with Gasteiger partial charge in [-0.15, -0.1) is 0 Å². The number of halogens is 1. The molecule has 0 aromatic heterocycles. The van der Waals surface area contributed by atoms with Crippen molar-refractivity contribution in [3.05, 3.63) is 28.8 Å². The first kappa shape index (κ1) is 15.6. The van der Waals surface area contributed by atoms with E-state index < -0.39 is 0 Å². The maximum absolute atomic E-state index is 6.47. The first-order chi connectivity index (χ1) is 9.76. The Labute approximate surface area is 127 Å². The minimum absolute atomic E-state index is 0.608. The van der Waals surface area contributed by atoms with Crippen LogP contribution in [0.2, 0.25) is 5.02 Å². The summed E-state index contributed by atoms with van der Waals surface area (Å²) in [5, 5.41) is 4.26. The summed E-state index contributed by atoms with van der Waals surface area (Å²) in [6.07, 6.45) is 2.46. The molecule has 0 bridgehead atoms. The van der Waals surface area contributed by atoms with Crippen molar-refractivity contribution in [3.63, 3.8) is 0 Å². The zero-order valence-corrected chi connectivity index (χ0v) is 13.2. The Bertz CT molecular complexity index is 423. The van der Waals surface area contributed by atoms with Crippen LogP contribution in [-0.4, -0.2) is 33.4 Å². The highest BCUT2D eigenvalue weighted by Gasteiger charge is 2.23. The standard InChI is InChI=1S/C16H25ClN2O/c1-3-18-10-14-7-4-8-15(17)16(14)19-9-5-6-13(11-19)12-20-2/h4,7-8,13,18H,3,5-6,9-12H2,1-2H3. The molecule has 1 atom stereocenters. The lowest BCUT2D eigenvalue weighted by Crippen LogP contribution is -2.38. The van der Waals surface area contributed by atoms with Crippen molar-refractivity contribution >= 4 is 17.3 Å². The molecule has 1 aliphatic heterocycles. The molecule has 2 rings (SSSR count). The minimum atomic E-state index is 0.608. The summed E-state index contributed by atoms with van der Waals surface area (Å²) in [7, 11) is 1.78. The van der Waals surface area contributed by atoms with E-state index >= 15 is 0 Å². The summed E-state index contributed by atoms with van der Waals surface area (Å²) in [6, 6.07) is 6.20. The summed E-state index contributed by atoms with van der Waals surface area (Å²) in [5.41, 5.74) is 2.49. The lowest BCUT2D eigenvalue weighted by Gasteiger charge is -2.36. The fourth-order valence-corrected chi connectivity index (χ4v) is 3.27. The zero-order valence-electron chi connectivity index (χ0n) is 12.5. The van der Waals surface area contributed by atoms with Crippen molar-refractivity contribution in [2.75, 3.05) is 38.3 Å². The van der Waals surface area contributed by atoms with Crippen LogP contribution in [0.3, 0.4) is 0 Å². The van der Waals surface area contributed by atoms with Gasteiger partial charge in [0.25, 0.3) is 0 Å². The van der Waals surface area contributed by atoms with Crippen molar-refractivity contribution in [2.45, 2.75) is 26.3 Å². The van der Waals surface area contributed by atoms with Crippen LogP contribution in [0.4, 0.5) is 5.69 Å². The van der Waals surface area contributed by atoms with Crippen LogP contribution in [0.5, 0.6) is 0 Å². The van der Waals surface area contributed by atoms with Crippen LogP contribution in [0.1, 0.15) is 25.3 Å². The molecule has 0 saturated carbocycles. The molecular formula is C16H25ClN2O. The Morgan fingerprint density at radius 1 is 1.45 bits per heavy atom. The largest absolute Gasteiger partial charge is 0.384 e. The van der Waals surface area contributed by atoms with Crippen LogP contribution in [0.25, 0.3) is 0 Å². The fourth-order valence-electron chi connectivity index (χ4n) is 2.96. The molecule has 1 aliphatic rings. The van der Waals surface area contributed by atoms with Gasteiger partial charge in [-0.05, 0) is 36.9 Å². The van der Waals surface area contributed by atoms with Crippen LogP contribution in [0.15, 0.2) is 18.2 Å². The molecule has 1 saturated heterocycles. The van der Waals surface area contributed by atoms with Gasteiger partial charge < -0.3 is 15.0 Å². The predicted octanol–water partition coefficient (Wildman–Crippen LogP) is 3.31. The molecule has 1 N–H and O–H groups in total. The molecular weight excluding hydrogens is 272 g/mol. The summed E-state index contributed by atoms with van der Waals surface area (Å²) < 4.78 is 5.32. The van der Waals surface area contributed by atoms with E-state index in [1.54, 1.807) is 7.11 Å². The molecule has 1 fully saturated rings. The van der Waals surface area contributed by atoms with Gasteiger partial charge in [-0.2, -0.15) is 0 Å². The van der Waals surface area contributed by atoms with Crippen molar-refractivity contribution in [1.29, 1.82) is 0 Å². The van der Waals surface area contributed by atoms with Crippen LogP contribution < -0.4 is 10.2 Å². The van der Waals surface area contributed by atoms with Gasteiger partial charge in [0.15, 0.2) is 0 Å². The van der Waals surface area contributed by atoms with Crippen molar-refractivity contribution in [1.82, 2.24) is 5.32 Å². The number of nitrogens with zero attached hydrogens (tertiary/aromatic N) is 1. The Kier molecular flexibility index (Phi) is 6.14. The number of piperidine rings is 1. The van der Waals surface area contributed by atoms with Crippen LogP contribution >= 0.6 is 11.6 Å². The second-order valence-corrected chi connectivity index (χ2v) is 5.84. The van der Waals surface area contributed by atoms with Gasteiger partial charge in [-0.1, -0.05) is 30.7 Å². The lowest BCUT2D eigenvalue weighted by atomic mass is 9.97. The van der Waals surface area contributed by atoms with Gasteiger partial charge >= 0.3 is 0 Å². The lowest BCUT2D eigenvalue weighted by molar-refractivity contribution is 0.143. The molecule has 3 nitrogen and oxygen atoms in total. The molecule has 1 unspecified atom stereocenters. The number of benzene rings is 1. The van der Waals surface area contributed by atoms with Crippen molar-refractivity contribution in [3.8, 4) is 0 Å². The van der Waals surface area contributed by atoms with Gasteiger partial charge in [0, 0.05) is 26.7 Å². The number of rotatable bonds is 6. The van der Waals surface area contributed by atoms with E-state index in [0.717, 1.165) is 37.8 Å². The van der Waals surface area contributed by atoms with E-state index in [9.17, 15) is 0 Å². The first-order valence-corrected chi connectivity index (χ1v) is 7.86. The smallest absolute Gasteiger partial charge is 0.0642 e. The first-order valence-electron chi connectivity index (χ1n) is 7.48. The summed E-state index contributed by atoms with van der Waals surface area (Å²) in [5.74, 6) is 0.608. The van der Waals surface area contributed by atoms with E-state index in [0.29, 0.717) is 5.92 Å². The summed E-state index contributed by atoms with van der Waals surface area (Å²) in [4.78, 5) is 2.43. The monoisotopic (exact) mass is 296 g/mol. The Hall–Kier alpha value is -0.770. The second kappa shape index (κ2) is 7.87. The topological polar surface area (TPSA) is 24.5 Å². The number of hydrogen-bond acceptors (Lipinski definition) is 3. The number of para-hydroxylation sites is 1. The van der Waals surface area contributed by atoms with Crippen LogP contribution in [-0.2, 0) is 11.3 Å². The molecule has 0 spiro atoms. The number of anilines is 1. The highest BCUT2D eigenvalue weighted by atomic mass is 35.5. The third-order valence-corrected chi connectivity index (χ3v) is 4.18. The maximum atomic E-state index is 6.47.